The van der Waals surface area contributed by atoms with E-state index >= 15 is 0 Å². The number of halogens is 2. The Labute approximate surface area is 309 Å². The van der Waals surface area contributed by atoms with Gasteiger partial charge in [-0.25, -0.2) is 28.3 Å². The number of hydrogen-bond acceptors (Lipinski definition) is 8. The number of carbonyl (C=O) groups is 2. The number of rotatable bonds is 8. The number of fused-ring (bicyclic) bond motifs is 2. The normalized spacial score (nSPS) is 18.9. The predicted molar refractivity (Wildman–Crippen MR) is 198 cm³/mol. The maximum atomic E-state index is 14.7. The van der Waals surface area contributed by atoms with Gasteiger partial charge in [-0.1, -0.05) is 53.5 Å². The largest absolute Gasteiger partial charge is 0.325 e. The third-order valence-corrected chi connectivity index (χ3v) is 11.8. The van der Waals surface area contributed by atoms with E-state index in [0.29, 0.717) is 34.3 Å². The van der Waals surface area contributed by atoms with Gasteiger partial charge in [-0.05, 0) is 73.4 Å². The van der Waals surface area contributed by atoms with Crippen LogP contribution in [-0.2, 0) is 31.6 Å². The summed E-state index contributed by atoms with van der Waals surface area (Å²) in [5, 5.41) is 4.12. The molecule has 5 heterocycles. The molecule has 0 aliphatic carbocycles. The fourth-order valence-corrected chi connectivity index (χ4v) is 9.42. The minimum absolute atomic E-state index is 0.0902. The fourth-order valence-electron chi connectivity index (χ4n) is 7.06. The summed E-state index contributed by atoms with van der Waals surface area (Å²) in [6, 6.07) is 20.3. The van der Waals surface area contributed by atoms with Crippen molar-refractivity contribution in [3.63, 3.8) is 0 Å². The van der Waals surface area contributed by atoms with E-state index in [1.165, 1.54) is 26.3 Å². The molecule has 2 aliphatic heterocycles. The summed E-state index contributed by atoms with van der Waals surface area (Å²) in [6.45, 7) is 1.80. The van der Waals surface area contributed by atoms with Gasteiger partial charge >= 0.3 is 0 Å². The van der Waals surface area contributed by atoms with Gasteiger partial charge in [-0.3, -0.25) is 19.1 Å². The lowest BCUT2D eigenvalue weighted by Gasteiger charge is -2.29. The van der Waals surface area contributed by atoms with Crippen LogP contribution in [-0.4, -0.2) is 61.6 Å². The van der Waals surface area contributed by atoms with Crippen molar-refractivity contribution in [2.45, 2.75) is 42.8 Å². The molecule has 1 fully saturated rings. The summed E-state index contributed by atoms with van der Waals surface area (Å²) in [6.07, 6.45) is 8.72. The molecule has 0 unspecified atom stereocenters. The number of nitrogens with one attached hydrogen (secondary N) is 1. The summed E-state index contributed by atoms with van der Waals surface area (Å²) >= 11 is 12.7. The predicted octanol–water partition coefficient (Wildman–Crippen LogP) is 6.62. The van der Waals surface area contributed by atoms with Crippen molar-refractivity contribution in [2.24, 2.45) is 0 Å². The number of anilines is 3. The summed E-state index contributed by atoms with van der Waals surface area (Å²) < 4.78 is 32.0. The number of carbonyl (C=O) groups excluding carboxylic acids is 2. The Morgan fingerprint density at radius 1 is 0.942 bits per heavy atom. The molecule has 0 bridgehead atoms. The van der Waals surface area contributed by atoms with E-state index in [4.69, 9.17) is 23.2 Å². The molecule has 2 amide bonds. The second kappa shape index (κ2) is 13.1. The van der Waals surface area contributed by atoms with Crippen molar-refractivity contribution in [1.29, 1.82) is 0 Å². The molecule has 12 nitrogen and oxygen atoms in total. The third-order valence-electron chi connectivity index (χ3n) is 9.52. The molecule has 1 saturated heterocycles. The molecule has 262 valence electrons. The van der Waals surface area contributed by atoms with Crippen molar-refractivity contribution >= 4 is 73.3 Å². The molecule has 0 spiro atoms. The summed E-state index contributed by atoms with van der Waals surface area (Å²) in [7, 11) is -4.38. The van der Waals surface area contributed by atoms with E-state index in [1.54, 1.807) is 68.0 Å². The molecule has 0 saturated carbocycles. The van der Waals surface area contributed by atoms with Gasteiger partial charge in [-0.2, -0.15) is 4.31 Å². The molecule has 0 radical (unpaired) electrons. The van der Waals surface area contributed by atoms with Gasteiger partial charge in [0.2, 0.25) is 11.9 Å². The Morgan fingerprint density at radius 2 is 1.69 bits per heavy atom. The molecular weight excluding hydrogens is 723 g/mol. The van der Waals surface area contributed by atoms with Gasteiger partial charge in [-0.15, -0.1) is 0 Å². The summed E-state index contributed by atoms with van der Waals surface area (Å²) in [4.78, 5) is 46.7. The molecular formula is C37H30Cl2N8O4S. The van der Waals surface area contributed by atoms with E-state index in [0.717, 1.165) is 27.6 Å². The van der Waals surface area contributed by atoms with Crippen molar-refractivity contribution in [3.8, 4) is 11.1 Å². The number of pyridine rings is 1. The first kappa shape index (κ1) is 33.9. The number of benzene rings is 3. The van der Waals surface area contributed by atoms with Crippen molar-refractivity contribution in [2.75, 3.05) is 16.8 Å². The maximum Gasteiger partial charge on any atom is 0.261 e. The van der Waals surface area contributed by atoms with Crippen LogP contribution >= 0.6 is 23.2 Å². The lowest BCUT2D eigenvalue weighted by atomic mass is 9.91. The molecule has 2 atom stereocenters. The first-order valence-electron chi connectivity index (χ1n) is 16.4. The lowest BCUT2D eigenvalue weighted by molar-refractivity contribution is -0.124. The number of nitrogens with zero attached hydrogens (tertiary/aromatic N) is 7. The first-order valence-corrected chi connectivity index (χ1v) is 18.6. The van der Waals surface area contributed by atoms with E-state index in [-0.39, 0.29) is 23.9 Å². The van der Waals surface area contributed by atoms with Crippen LogP contribution in [0.2, 0.25) is 10.0 Å². The number of sulfonamides is 1. The van der Waals surface area contributed by atoms with Crippen LogP contribution in [0.3, 0.4) is 0 Å². The van der Waals surface area contributed by atoms with E-state index in [1.807, 2.05) is 30.3 Å². The monoisotopic (exact) mass is 752 g/mol. The Morgan fingerprint density at radius 3 is 2.44 bits per heavy atom. The zero-order valence-electron chi connectivity index (χ0n) is 27.6. The van der Waals surface area contributed by atoms with Crippen LogP contribution in [0.15, 0.2) is 109 Å². The molecule has 15 heteroatoms. The number of hydrogen-bond donors (Lipinski definition) is 1. The van der Waals surface area contributed by atoms with Gasteiger partial charge in [0.1, 0.15) is 17.9 Å². The topological polar surface area (TPSA) is 143 Å². The van der Waals surface area contributed by atoms with Crippen molar-refractivity contribution in [1.82, 2.24) is 28.8 Å². The molecule has 1 N–H and O–H groups in total. The average molecular weight is 754 g/mol. The van der Waals surface area contributed by atoms with Crippen LogP contribution in [0.4, 0.5) is 17.3 Å². The molecule has 52 heavy (non-hydrogen) atoms. The van der Waals surface area contributed by atoms with Crippen molar-refractivity contribution < 1.29 is 18.0 Å². The molecule has 2 aliphatic rings. The van der Waals surface area contributed by atoms with Gasteiger partial charge in [0.05, 0.1) is 17.4 Å². The second-order valence-corrected chi connectivity index (χ2v) is 15.7. The molecule has 3 aromatic carbocycles. The molecule has 8 rings (SSSR count). The number of amides is 2. The third kappa shape index (κ3) is 5.89. The average Bonchev–Trinajstić information content (AvgIpc) is 3.86. The highest BCUT2D eigenvalue weighted by Crippen LogP contribution is 2.45. The van der Waals surface area contributed by atoms with Crippen LogP contribution in [0.5, 0.6) is 0 Å². The Kier molecular flexibility index (Phi) is 8.53. The fraction of sp³-hybridized carbons (Fsp3) is 0.189. The maximum absolute atomic E-state index is 14.7. The summed E-state index contributed by atoms with van der Waals surface area (Å²) in [5.74, 6) is -0.789. The second-order valence-electron chi connectivity index (χ2n) is 12.9. The van der Waals surface area contributed by atoms with Gasteiger partial charge < -0.3 is 5.32 Å². The highest BCUT2D eigenvalue weighted by molar-refractivity contribution is 7.89. The van der Waals surface area contributed by atoms with Crippen LogP contribution < -0.4 is 10.2 Å². The Hall–Kier alpha value is -5.21. The lowest BCUT2D eigenvalue weighted by Crippen LogP contribution is -2.46. The SMILES string of the molecule is C[C@@]1(Cc2ccc(-c3cncnc3)cc2)C(=O)N(c2cc(Cl)cc(Cl)c2)c2ncc(S(=O)(=O)N3CCC[C@H]3C(=O)Nc3ccc4ncccc4c3)n21. The van der Waals surface area contributed by atoms with Crippen molar-refractivity contribution in [3.05, 3.63) is 120 Å². The first-order chi connectivity index (χ1) is 25.0. The minimum Gasteiger partial charge on any atom is -0.325 e. The zero-order chi connectivity index (χ0) is 36.2. The molecule has 6 aromatic rings. The van der Waals surface area contributed by atoms with Gasteiger partial charge in [0.25, 0.3) is 15.9 Å². The zero-order valence-corrected chi connectivity index (χ0v) is 30.0. The van der Waals surface area contributed by atoms with Crippen LogP contribution in [0.25, 0.3) is 22.0 Å². The van der Waals surface area contributed by atoms with Gasteiger partial charge in [0.15, 0.2) is 5.03 Å². The van der Waals surface area contributed by atoms with Crippen LogP contribution in [0.1, 0.15) is 25.3 Å². The van der Waals surface area contributed by atoms with E-state index < -0.39 is 33.4 Å². The highest BCUT2D eigenvalue weighted by atomic mass is 35.5. The molecule has 3 aromatic heterocycles. The Balaban J connectivity index is 1.16. The standard InChI is InChI=1S/C37H30Cl2N8O4S/c1-37(18-23-6-8-24(9-7-23)26-19-40-22-41-20-26)35(49)46(30-16-27(38)15-28(39)17-30)36-43-21-33(47(36)37)52(50,51)45-13-3-5-32(45)34(48)44-29-10-11-31-25(14-29)4-2-12-42-31/h2,4,6-12,14-17,19-22,32H,3,5,13,18H2,1H3,(H,44,48)/t32-,37+/m0/s1. The van der Waals surface area contributed by atoms with Crippen LogP contribution in [0, 0.1) is 0 Å². The number of imidazole rings is 1. The van der Waals surface area contributed by atoms with E-state index in [9.17, 15) is 18.0 Å². The number of aromatic nitrogens is 5. The minimum atomic E-state index is -4.38. The van der Waals surface area contributed by atoms with Gasteiger partial charge in [0, 0.05) is 58.2 Å². The highest BCUT2D eigenvalue weighted by Gasteiger charge is 2.53. The Bertz CT molecular complexity index is 2460. The summed E-state index contributed by atoms with van der Waals surface area (Å²) in [5.41, 5.74) is 2.66. The smallest absolute Gasteiger partial charge is 0.261 e. The quantitative estimate of drug-likeness (QED) is 0.183. The van der Waals surface area contributed by atoms with E-state index in [2.05, 4.69) is 25.3 Å².